The van der Waals surface area contributed by atoms with Gasteiger partial charge in [-0.1, -0.05) is 18.6 Å². The third-order valence-corrected chi connectivity index (χ3v) is 3.93. The molecule has 0 amide bonds. The van der Waals surface area contributed by atoms with Gasteiger partial charge in [0.2, 0.25) is 0 Å². The Bertz CT molecular complexity index is 383. The molecule has 2 heterocycles. The molecule has 1 aromatic heterocycles. The fourth-order valence-corrected chi connectivity index (χ4v) is 2.57. The van der Waals surface area contributed by atoms with E-state index in [1.807, 2.05) is 19.3 Å². The first kappa shape index (κ1) is 13.4. The molecule has 1 saturated heterocycles. The van der Waals surface area contributed by atoms with Gasteiger partial charge in [0.25, 0.3) is 0 Å². The third-order valence-electron chi connectivity index (χ3n) is 3.93. The molecule has 2 unspecified atom stereocenters. The molecular formula is C15H23NO2. The van der Waals surface area contributed by atoms with Gasteiger partial charge >= 0.3 is 0 Å². The van der Waals surface area contributed by atoms with Crippen LogP contribution in [0.25, 0.3) is 0 Å². The average Bonchev–Trinajstić information content (AvgIpc) is 2.91. The van der Waals surface area contributed by atoms with E-state index in [4.69, 9.17) is 9.52 Å². The first-order chi connectivity index (χ1) is 8.70. The molecule has 0 radical (unpaired) electrons. The van der Waals surface area contributed by atoms with Crippen molar-refractivity contribution < 1.29 is 9.52 Å². The number of aliphatic hydroxyl groups is 1. The smallest absolute Gasteiger partial charge is 0.0950 e. The molecule has 0 saturated carbocycles. The van der Waals surface area contributed by atoms with Crippen molar-refractivity contribution >= 4 is 0 Å². The van der Waals surface area contributed by atoms with Crippen molar-refractivity contribution in [3.63, 3.8) is 0 Å². The normalized spacial score (nSPS) is 29.5. The maximum absolute atomic E-state index is 9.03. The summed E-state index contributed by atoms with van der Waals surface area (Å²) < 4.78 is 5.16. The molecule has 1 aliphatic heterocycles. The summed E-state index contributed by atoms with van der Waals surface area (Å²) in [5.41, 5.74) is 2.30. The van der Waals surface area contributed by atoms with Crippen LogP contribution >= 0.6 is 0 Å². The van der Waals surface area contributed by atoms with Crippen LogP contribution in [0.3, 0.4) is 0 Å². The lowest BCUT2D eigenvalue weighted by Gasteiger charge is -2.35. The largest absolute Gasteiger partial charge is 0.472 e. The van der Waals surface area contributed by atoms with E-state index in [1.165, 1.54) is 18.4 Å². The number of furan rings is 1. The predicted molar refractivity (Wildman–Crippen MR) is 72.2 cm³/mol. The molecule has 3 heteroatoms. The molecule has 1 aromatic rings. The third kappa shape index (κ3) is 3.24. The van der Waals surface area contributed by atoms with Gasteiger partial charge in [-0.3, -0.25) is 0 Å². The average molecular weight is 249 g/mol. The van der Waals surface area contributed by atoms with Gasteiger partial charge in [0.15, 0.2) is 0 Å². The second-order valence-corrected chi connectivity index (χ2v) is 5.38. The lowest BCUT2D eigenvalue weighted by molar-refractivity contribution is 0.246. The Hall–Kier alpha value is -1.06. The van der Waals surface area contributed by atoms with Gasteiger partial charge < -0.3 is 14.8 Å². The summed E-state index contributed by atoms with van der Waals surface area (Å²) in [6.07, 6.45) is 9.10. The molecule has 2 rings (SSSR count). The van der Waals surface area contributed by atoms with Gasteiger partial charge in [-0.25, -0.2) is 0 Å². The molecule has 0 spiro atoms. The van der Waals surface area contributed by atoms with Gasteiger partial charge in [0.1, 0.15) is 0 Å². The maximum atomic E-state index is 9.03. The Balaban J connectivity index is 1.97. The van der Waals surface area contributed by atoms with Crippen molar-refractivity contribution in [3.05, 3.63) is 35.8 Å². The fraction of sp³-hybridized carbons (Fsp3) is 0.600. The van der Waals surface area contributed by atoms with Gasteiger partial charge in [-0.05, 0) is 38.2 Å². The lowest BCUT2D eigenvalue weighted by atomic mass is 9.85. The number of hydrogen-bond acceptors (Lipinski definition) is 3. The highest BCUT2D eigenvalue weighted by atomic mass is 16.3. The Labute approximate surface area is 109 Å². The molecule has 2 N–H and O–H groups in total. The SMILES string of the molecule is C/C(=C\CC1NC(c2ccoc2)CC[C@H]1C)CO. The second kappa shape index (κ2) is 6.21. The van der Waals surface area contributed by atoms with E-state index >= 15 is 0 Å². The summed E-state index contributed by atoms with van der Waals surface area (Å²) in [4.78, 5) is 0. The van der Waals surface area contributed by atoms with Crippen LogP contribution in [0, 0.1) is 5.92 Å². The Morgan fingerprint density at radius 1 is 1.56 bits per heavy atom. The van der Waals surface area contributed by atoms with Crippen LogP contribution in [-0.4, -0.2) is 17.8 Å². The molecule has 1 aliphatic rings. The zero-order valence-electron chi connectivity index (χ0n) is 11.2. The van der Waals surface area contributed by atoms with Crippen LogP contribution in [-0.2, 0) is 0 Å². The van der Waals surface area contributed by atoms with Crippen LogP contribution in [0.4, 0.5) is 0 Å². The molecule has 1 fully saturated rings. The molecule has 100 valence electrons. The predicted octanol–water partition coefficient (Wildman–Crippen LogP) is 3.04. The Morgan fingerprint density at radius 3 is 3.06 bits per heavy atom. The maximum Gasteiger partial charge on any atom is 0.0950 e. The lowest BCUT2D eigenvalue weighted by Crippen LogP contribution is -2.41. The number of piperidine rings is 1. The second-order valence-electron chi connectivity index (χ2n) is 5.38. The highest BCUT2D eigenvalue weighted by Crippen LogP contribution is 2.30. The summed E-state index contributed by atoms with van der Waals surface area (Å²) in [7, 11) is 0. The number of hydrogen-bond donors (Lipinski definition) is 2. The standard InChI is InChI=1S/C15H23NO2/c1-11(9-17)3-5-14-12(2)4-6-15(16-14)13-7-8-18-10-13/h3,7-8,10,12,14-17H,4-6,9H2,1-2H3/b11-3+/t12-,14?,15?/m1/s1. The van der Waals surface area contributed by atoms with E-state index in [9.17, 15) is 0 Å². The van der Waals surface area contributed by atoms with E-state index in [0.29, 0.717) is 18.0 Å². The monoisotopic (exact) mass is 249 g/mol. The van der Waals surface area contributed by atoms with E-state index in [1.54, 1.807) is 6.26 Å². The van der Waals surface area contributed by atoms with E-state index in [2.05, 4.69) is 18.3 Å². The molecule has 3 nitrogen and oxygen atoms in total. The highest BCUT2D eigenvalue weighted by Gasteiger charge is 2.27. The van der Waals surface area contributed by atoms with Crippen LogP contribution in [0.1, 0.15) is 44.7 Å². The molecule has 0 aromatic carbocycles. The number of aliphatic hydroxyl groups excluding tert-OH is 1. The van der Waals surface area contributed by atoms with E-state index in [0.717, 1.165) is 12.0 Å². The van der Waals surface area contributed by atoms with Gasteiger partial charge in [0, 0.05) is 17.6 Å². The molecule has 0 bridgehead atoms. The van der Waals surface area contributed by atoms with Crippen molar-refractivity contribution in [2.75, 3.05) is 6.61 Å². The van der Waals surface area contributed by atoms with Crippen molar-refractivity contribution in [2.24, 2.45) is 5.92 Å². The minimum Gasteiger partial charge on any atom is -0.472 e. The summed E-state index contributed by atoms with van der Waals surface area (Å²) in [5, 5.41) is 12.7. The molecular weight excluding hydrogens is 226 g/mol. The van der Waals surface area contributed by atoms with Gasteiger partial charge in [-0.15, -0.1) is 0 Å². The first-order valence-corrected chi connectivity index (χ1v) is 6.75. The summed E-state index contributed by atoms with van der Waals surface area (Å²) in [6.45, 7) is 4.43. The topological polar surface area (TPSA) is 45.4 Å². The van der Waals surface area contributed by atoms with Crippen molar-refractivity contribution in [2.45, 2.75) is 45.2 Å². The first-order valence-electron chi connectivity index (χ1n) is 6.75. The van der Waals surface area contributed by atoms with Gasteiger partial charge in [-0.2, -0.15) is 0 Å². The van der Waals surface area contributed by atoms with Gasteiger partial charge in [0.05, 0.1) is 19.1 Å². The zero-order valence-corrected chi connectivity index (χ0v) is 11.2. The summed E-state index contributed by atoms with van der Waals surface area (Å²) in [6, 6.07) is 2.94. The number of nitrogens with one attached hydrogen (secondary N) is 1. The molecule has 3 atom stereocenters. The summed E-state index contributed by atoms with van der Waals surface area (Å²) in [5.74, 6) is 0.677. The van der Waals surface area contributed by atoms with Crippen LogP contribution in [0.2, 0.25) is 0 Å². The zero-order chi connectivity index (χ0) is 13.0. The van der Waals surface area contributed by atoms with Crippen LogP contribution in [0.5, 0.6) is 0 Å². The van der Waals surface area contributed by atoms with Crippen molar-refractivity contribution in [1.29, 1.82) is 0 Å². The summed E-state index contributed by atoms with van der Waals surface area (Å²) >= 11 is 0. The van der Waals surface area contributed by atoms with Crippen molar-refractivity contribution in [3.8, 4) is 0 Å². The quantitative estimate of drug-likeness (QED) is 0.806. The Kier molecular flexibility index (Phi) is 4.61. The van der Waals surface area contributed by atoms with Crippen molar-refractivity contribution in [1.82, 2.24) is 5.32 Å². The van der Waals surface area contributed by atoms with Crippen LogP contribution < -0.4 is 5.32 Å². The minimum absolute atomic E-state index is 0.159. The van der Waals surface area contributed by atoms with E-state index < -0.39 is 0 Å². The van der Waals surface area contributed by atoms with Crippen LogP contribution in [0.15, 0.2) is 34.7 Å². The Morgan fingerprint density at radius 2 is 2.39 bits per heavy atom. The fourth-order valence-electron chi connectivity index (χ4n) is 2.57. The highest BCUT2D eigenvalue weighted by molar-refractivity contribution is 5.13. The minimum atomic E-state index is 0.159. The van der Waals surface area contributed by atoms with E-state index in [-0.39, 0.29) is 6.61 Å². The molecule has 0 aliphatic carbocycles. The number of rotatable bonds is 4. The molecule has 18 heavy (non-hydrogen) atoms.